The molecule has 25 heavy (non-hydrogen) atoms. The number of nitrogens with two attached hydrogens (primary N) is 1. The van der Waals surface area contributed by atoms with E-state index in [1.54, 1.807) is 0 Å². The SMILES string of the molecule is NCC(NC(=O)Cc1ccc(S(=O)(=O)C(F)F)cc1)C1CCCCC1. The van der Waals surface area contributed by atoms with Crippen LogP contribution in [0.25, 0.3) is 0 Å². The number of amides is 1. The van der Waals surface area contributed by atoms with E-state index < -0.39 is 20.5 Å². The first kappa shape index (κ1) is 19.8. The standard InChI is InChI=1S/C17H24F2N2O3S/c18-17(19)25(23,24)14-8-6-12(7-9-14)10-16(22)21-15(11-20)13-4-2-1-3-5-13/h6-9,13,15,17H,1-5,10-11,20H2,(H,21,22). The third kappa shape index (κ3) is 5.22. The van der Waals surface area contributed by atoms with Gasteiger partial charge in [0.05, 0.1) is 11.3 Å². The molecule has 1 fully saturated rings. The summed E-state index contributed by atoms with van der Waals surface area (Å²) >= 11 is 0. The summed E-state index contributed by atoms with van der Waals surface area (Å²) in [6, 6.07) is 4.91. The van der Waals surface area contributed by atoms with Gasteiger partial charge in [0, 0.05) is 12.6 Å². The summed E-state index contributed by atoms with van der Waals surface area (Å²) in [6.07, 6.45) is 5.69. The second kappa shape index (κ2) is 8.71. The average molecular weight is 374 g/mol. The molecule has 0 aliphatic heterocycles. The van der Waals surface area contributed by atoms with Gasteiger partial charge in [0.2, 0.25) is 15.7 Å². The molecule has 1 aliphatic carbocycles. The maximum Gasteiger partial charge on any atom is 0.341 e. The third-order valence-corrected chi connectivity index (χ3v) is 6.07. The normalized spacial score (nSPS) is 17.4. The van der Waals surface area contributed by atoms with E-state index in [0.29, 0.717) is 18.0 Å². The molecule has 0 bridgehead atoms. The van der Waals surface area contributed by atoms with Crippen LogP contribution in [0.2, 0.25) is 0 Å². The maximum absolute atomic E-state index is 12.5. The van der Waals surface area contributed by atoms with Crippen molar-refractivity contribution >= 4 is 15.7 Å². The molecule has 0 spiro atoms. The summed E-state index contributed by atoms with van der Waals surface area (Å²) in [4.78, 5) is 11.8. The van der Waals surface area contributed by atoms with Gasteiger partial charge in [-0.05, 0) is 36.5 Å². The van der Waals surface area contributed by atoms with Gasteiger partial charge in [-0.2, -0.15) is 8.78 Å². The lowest BCUT2D eigenvalue weighted by Crippen LogP contribution is -2.46. The summed E-state index contributed by atoms with van der Waals surface area (Å²) in [5.74, 6) is -3.27. The molecule has 1 amide bonds. The minimum absolute atomic E-state index is 0.0538. The number of hydrogen-bond acceptors (Lipinski definition) is 4. The Hall–Kier alpha value is -1.54. The van der Waals surface area contributed by atoms with Crippen molar-refractivity contribution in [3.8, 4) is 0 Å². The third-order valence-electron chi connectivity index (χ3n) is 4.67. The van der Waals surface area contributed by atoms with Gasteiger partial charge in [0.25, 0.3) is 0 Å². The van der Waals surface area contributed by atoms with Crippen LogP contribution in [-0.4, -0.2) is 32.7 Å². The number of carbonyl (C=O) groups is 1. The lowest BCUT2D eigenvalue weighted by atomic mass is 9.84. The Morgan fingerprint density at radius 1 is 1.16 bits per heavy atom. The van der Waals surface area contributed by atoms with Crippen molar-refractivity contribution in [1.29, 1.82) is 0 Å². The minimum Gasteiger partial charge on any atom is -0.352 e. The minimum atomic E-state index is -4.61. The van der Waals surface area contributed by atoms with E-state index in [9.17, 15) is 22.0 Å². The molecule has 0 saturated heterocycles. The first-order chi connectivity index (χ1) is 11.8. The second-order valence-corrected chi connectivity index (χ2v) is 8.35. The number of rotatable bonds is 7. The van der Waals surface area contributed by atoms with Gasteiger partial charge in [0.1, 0.15) is 0 Å². The van der Waals surface area contributed by atoms with Gasteiger partial charge in [-0.15, -0.1) is 0 Å². The van der Waals surface area contributed by atoms with E-state index in [4.69, 9.17) is 5.73 Å². The van der Waals surface area contributed by atoms with Gasteiger partial charge >= 0.3 is 5.76 Å². The summed E-state index contributed by atoms with van der Waals surface area (Å²) in [5, 5.41) is 2.95. The van der Waals surface area contributed by atoms with Crippen LogP contribution in [0, 0.1) is 5.92 Å². The van der Waals surface area contributed by atoms with Crippen molar-refractivity contribution in [2.45, 2.75) is 55.2 Å². The number of benzene rings is 1. The van der Waals surface area contributed by atoms with Crippen LogP contribution < -0.4 is 11.1 Å². The van der Waals surface area contributed by atoms with Crippen molar-refractivity contribution in [3.05, 3.63) is 29.8 Å². The van der Waals surface area contributed by atoms with Crippen LogP contribution in [0.3, 0.4) is 0 Å². The Balaban J connectivity index is 1.95. The molecular weight excluding hydrogens is 350 g/mol. The Morgan fingerprint density at radius 3 is 2.28 bits per heavy atom. The highest BCUT2D eigenvalue weighted by molar-refractivity contribution is 7.91. The Kier molecular flexibility index (Phi) is 6.89. The van der Waals surface area contributed by atoms with Gasteiger partial charge in [-0.1, -0.05) is 31.4 Å². The molecule has 8 heteroatoms. The molecule has 3 N–H and O–H groups in total. The maximum atomic E-state index is 12.5. The second-order valence-electron chi connectivity index (χ2n) is 6.43. The molecule has 2 rings (SSSR count). The van der Waals surface area contributed by atoms with E-state index in [0.717, 1.165) is 37.8 Å². The monoisotopic (exact) mass is 374 g/mol. The van der Waals surface area contributed by atoms with Gasteiger partial charge < -0.3 is 11.1 Å². The van der Waals surface area contributed by atoms with Crippen LogP contribution >= 0.6 is 0 Å². The summed E-state index contributed by atoms with van der Waals surface area (Å²) < 4.78 is 47.8. The zero-order valence-electron chi connectivity index (χ0n) is 14.0. The molecule has 1 atom stereocenters. The van der Waals surface area contributed by atoms with Crippen LogP contribution in [0.4, 0.5) is 8.78 Å². The van der Waals surface area contributed by atoms with Crippen molar-refractivity contribution < 1.29 is 22.0 Å². The van der Waals surface area contributed by atoms with Crippen LogP contribution in [0.15, 0.2) is 29.2 Å². The van der Waals surface area contributed by atoms with E-state index in [1.165, 1.54) is 18.6 Å². The van der Waals surface area contributed by atoms with E-state index in [2.05, 4.69) is 5.32 Å². The number of alkyl halides is 2. The molecule has 1 unspecified atom stereocenters. The fourth-order valence-corrected chi connectivity index (χ4v) is 3.97. The molecule has 0 heterocycles. The molecule has 1 aliphatic rings. The van der Waals surface area contributed by atoms with Crippen molar-refractivity contribution in [2.24, 2.45) is 11.7 Å². The van der Waals surface area contributed by atoms with Crippen molar-refractivity contribution in [3.63, 3.8) is 0 Å². The number of nitrogens with one attached hydrogen (secondary N) is 1. The zero-order valence-corrected chi connectivity index (χ0v) is 14.8. The van der Waals surface area contributed by atoms with Gasteiger partial charge in [-0.25, -0.2) is 8.42 Å². The number of sulfone groups is 1. The van der Waals surface area contributed by atoms with E-state index in [-0.39, 0.29) is 18.4 Å². The average Bonchev–Trinajstić information content (AvgIpc) is 2.60. The zero-order chi connectivity index (χ0) is 18.4. The summed E-state index contributed by atoms with van der Waals surface area (Å²) in [6.45, 7) is 0.377. The highest BCUT2D eigenvalue weighted by Crippen LogP contribution is 2.26. The molecule has 1 aromatic carbocycles. The predicted octanol–water partition coefficient (Wildman–Crippen LogP) is 2.25. The Bertz CT molecular complexity index is 672. The molecule has 1 aromatic rings. The topological polar surface area (TPSA) is 89.3 Å². The largest absolute Gasteiger partial charge is 0.352 e. The molecule has 0 aromatic heterocycles. The summed E-state index contributed by atoms with van der Waals surface area (Å²) in [5.41, 5.74) is 6.35. The highest BCUT2D eigenvalue weighted by atomic mass is 32.2. The van der Waals surface area contributed by atoms with Crippen molar-refractivity contribution in [1.82, 2.24) is 5.32 Å². The lowest BCUT2D eigenvalue weighted by Gasteiger charge is -2.30. The fourth-order valence-electron chi connectivity index (χ4n) is 3.25. The van der Waals surface area contributed by atoms with Crippen molar-refractivity contribution in [2.75, 3.05) is 6.54 Å². The molecular formula is C17H24F2N2O3S. The summed E-state index contributed by atoms with van der Waals surface area (Å²) in [7, 11) is -4.61. The van der Waals surface area contributed by atoms with Crippen LogP contribution in [0.5, 0.6) is 0 Å². The lowest BCUT2D eigenvalue weighted by molar-refractivity contribution is -0.121. The van der Waals surface area contributed by atoms with Crippen LogP contribution in [-0.2, 0) is 21.1 Å². The Labute approximate surface area is 146 Å². The molecule has 1 saturated carbocycles. The number of carbonyl (C=O) groups excluding carboxylic acids is 1. The van der Waals surface area contributed by atoms with E-state index >= 15 is 0 Å². The number of halogens is 2. The smallest absolute Gasteiger partial charge is 0.341 e. The van der Waals surface area contributed by atoms with Gasteiger partial charge in [-0.3, -0.25) is 4.79 Å². The molecule has 0 radical (unpaired) electrons. The number of hydrogen-bond donors (Lipinski definition) is 2. The van der Waals surface area contributed by atoms with Crippen LogP contribution in [0.1, 0.15) is 37.7 Å². The fraction of sp³-hybridized carbons (Fsp3) is 0.588. The Morgan fingerprint density at radius 2 is 1.76 bits per heavy atom. The first-order valence-electron chi connectivity index (χ1n) is 8.45. The first-order valence-corrected chi connectivity index (χ1v) is 9.99. The quantitative estimate of drug-likeness (QED) is 0.766. The van der Waals surface area contributed by atoms with E-state index in [1.807, 2.05) is 0 Å². The molecule has 140 valence electrons. The highest BCUT2D eigenvalue weighted by Gasteiger charge is 2.27. The molecule has 5 nitrogen and oxygen atoms in total. The predicted molar refractivity (Wildman–Crippen MR) is 90.9 cm³/mol. The van der Waals surface area contributed by atoms with Gasteiger partial charge in [0.15, 0.2) is 0 Å².